The van der Waals surface area contributed by atoms with Crippen molar-refractivity contribution in [2.24, 2.45) is 0 Å². The van der Waals surface area contributed by atoms with Gasteiger partial charge in [-0.15, -0.1) is 0 Å². The molecule has 0 aliphatic heterocycles. The first-order valence-corrected chi connectivity index (χ1v) is 10.1. The smallest absolute Gasteiger partial charge is 0.418 e. The number of methoxy groups -OCH3 is 1. The van der Waals surface area contributed by atoms with Gasteiger partial charge in [-0.3, -0.25) is 4.79 Å². The van der Waals surface area contributed by atoms with Gasteiger partial charge in [0.25, 0.3) is 5.91 Å². The molecule has 178 valence electrons. The third-order valence-electron chi connectivity index (χ3n) is 4.61. The van der Waals surface area contributed by atoms with Gasteiger partial charge in [0, 0.05) is 24.9 Å². The maximum Gasteiger partial charge on any atom is 0.418 e. The minimum absolute atomic E-state index is 0.0354. The molecule has 0 aliphatic carbocycles. The molecule has 0 bridgehead atoms. The topological polar surface area (TPSA) is 117 Å². The lowest BCUT2D eigenvalue weighted by molar-refractivity contribution is -0.136. The fraction of sp³-hybridized carbons (Fsp3) is 0.429. The van der Waals surface area contributed by atoms with Crippen LogP contribution >= 0.6 is 0 Å². The molecule has 0 saturated carbocycles. The normalized spacial score (nSPS) is 12.2. The zero-order chi connectivity index (χ0) is 24.4. The highest BCUT2D eigenvalue weighted by molar-refractivity contribution is 5.97. The lowest BCUT2D eigenvalue weighted by atomic mass is 10.1. The number of halogens is 3. The van der Waals surface area contributed by atoms with Gasteiger partial charge in [-0.1, -0.05) is 0 Å². The van der Waals surface area contributed by atoms with Crippen LogP contribution in [0.4, 0.5) is 19.0 Å². The van der Waals surface area contributed by atoms with Gasteiger partial charge >= 0.3 is 6.18 Å². The average Bonchev–Trinajstić information content (AvgIpc) is 3.13. The summed E-state index contributed by atoms with van der Waals surface area (Å²) in [7, 11) is 1.35. The van der Waals surface area contributed by atoms with E-state index in [2.05, 4.69) is 20.4 Å². The van der Waals surface area contributed by atoms with Gasteiger partial charge in [0.2, 0.25) is 5.88 Å². The molecule has 0 atom stereocenters. The number of nitrogens with one attached hydrogen (secondary N) is 1. The lowest BCUT2D eigenvalue weighted by Crippen LogP contribution is -2.27. The second-order valence-electron chi connectivity index (χ2n) is 8.20. The highest BCUT2D eigenvalue weighted by Crippen LogP contribution is 2.38. The minimum atomic E-state index is -4.68. The first-order valence-electron chi connectivity index (χ1n) is 10.1. The largest absolute Gasteiger partial charge is 0.480 e. The van der Waals surface area contributed by atoms with E-state index in [0.29, 0.717) is 19.6 Å². The number of hydrogen-bond donors (Lipinski definition) is 2. The molecule has 0 radical (unpaired) electrons. The molecule has 1 amide bonds. The van der Waals surface area contributed by atoms with Crippen molar-refractivity contribution >= 4 is 17.2 Å². The number of amides is 1. The van der Waals surface area contributed by atoms with Crippen LogP contribution in [-0.4, -0.2) is 51.4 Å². The Bertz CT molecular complexity index is 1150. The molecule has 0 aliphatic rings. The van der Waals surface area contributed by atoms with E-state index in [9.17, 15) is 18.0 Å². The maximum absolute atomic E-state index is 13.6. The summed E-state index contributed by atoms with van der Waals surface area (Å²) in [5.41, 5.74) is 4.39. The van der Waals surface area contributed by atoms with Crippen LogP contribution in [0.2, 0.25) is 0 Å². The number of aromatic nitrogens is 4. The number of rotatable bonds is 7. The highest BCUT2D eigenvalue weighted by Gasteiger charge is 2.36. The Hall–Kier alpha value is -3.41. The third-order valence-corrected chi connectivity index (χ3v) is 4.61. The van der Waals surface area contributed by atoms with Gasteiger partial charge in [-0.25, -0.2) is 14.5 Å². The van der Waals surface area contributed by atoms with Crippen LogP contribution < -0.4 is 15.8 Å². The van der Waals surface area contributed by atoms with E-state index in [1.54, 1.807) is 0 Å². The molecule has 33 heavy (non-hydrogen) atoms. The Kier molecular flexibility index (Phi) is 6.77. The fourth-order valence-electron chi connectivity index (χ4n) is 3.15. The summed E-state index contributed by atoms with van der Waals surface area (Å²) in [6.07, 6.45) is -1.76. The van der Waals surface area contributed by atoms with E-state index in [1.165, 1.54) is 19.4 Å². The van der Waals surface area contributed by atoms with E-state index in [4.69, 9.17) is 15.2 Å². The Balaban J connectivity index is 1.92. The van der Waals surface area contributed by atoms with Crippen LogP contribution in [0.5, 0.6) is 5.88 Å². The van der Waals surface area contributed by atoms with Crippen molar-refractivity contribution in [1.29, 1.82) is 0 Å². The molecule has 3 aromatic heterocycles. The molecule has 0 fully saturated rings. The molecule has 3 heterocycles. The monoisotopic (exact) mass is 466 g/mol. The molecule has 0 aromatic carbocycles. The summed E-state index contributed by atoms with van der Waals surface area (Å²) >= 11 is 0. The van der Waals surface area contributed by atoms with Crippen molar-refractivity contribution in [2.45, 2.75) is 39.0 Å². The number of nitrogens with zero attached hydrogens (tertiary/aromatic N) is 4. The summed E-state index contributed by atoms with van der Waals surface area (Å²) in [5, 5.41) is 6.65. The van der Waals surface area contributed by atoms with Gasteiger partial charge in [-0.05, 0) is 39.3 Å². The third kappa shape index (κ3) is 5.51. The zero-order valence-electron chi connectivity index (χ0n) is 18.7. The second kappa shape index (κ2) is 9.22. The summed E-state index contributed by atoms with van der Waals surface area (Å²) in [5.74, 6) is -0.767. The van der Waals surface area contributed by atoms with Crippen molar-refractivity contribution in [3.63, 3.8) is 0 Å². The van der Waals surface area contributed by atoms with Crippen LogP contribution in [0, 0.1) is 0 Å². The highest BCUT2D eigenvalue weighted by atomic mass is 19.4. The van der Waals surface area contributed by atoms with Gasteiger partial charge in [-0.2, -0.15) is 18.3 Å². The summed E-state index contributed by atoms with van der Waals surface area (Å²) < 4.78 is 52.6. The number of anilines is 1. The zero-order valence-corrected chi connectivity index (χ0v) is 18.7. The first-order chi connectivity index (χ1) is 15.4. The number of nitrogen functional groups attached to an aromatic ring is 1. The fourth-order valence-corrected chi connectivity index (χ4v) is 3.15. The van der Waals surface area contributed by atoms with Crippen molar-refractivity contribution in [3.05, 3.63) is 35.8 Å². The van der Waals surface area contributed by atoms with E-state index >= 15 is 0 Å². The summed E-state index contributed by atoms with van der Waals surface area (Å²) in [4.78, 5) is 20.5. The van der Waals surface area contributed by atoms with E-state index in [-0.39, 0.29) is 39.6 Å². The predicted molar refractivity (Wildman–Crippen MR) is 115 cm³/mol. The maximum atomic E-state index is 13.6. The molecular weight excluding hydrogens is 441 g/mol. The van der Waals surface area contributed by atoms with Crippen LogP contribution in [-0.2, 0) is 10.9 Å². The number of pyridine rings is 1. The minimum Gasteiger partial charge on any atom is -0.480 e. The standard InChI is InChI=1S/C21H25F3N6O3/c1-20(2,3)33-7-5-6-26-18(31)13-8-12(10-27-19(13)32-4)15-9-14(21(22,23)24)16-17(25)28-11-29-30(15)16/h8-11H,5-7H2,1-4H3,(H,26,31)(H2,25,28,29). The molecule has 3 aromatic rings. The molecular formula is C21H25F3N6O3. The van der Waals surface area contributed by atoms with E-state index in [0.717, 1.165) is 16.9 Å². The molecule has 9 nitrogen and oxygen atoms in total. The van der Waals surface area contributed by atoms with E-state index < -0.39 is 17.6 Å². The molecule has 3 N–H and O–H groups in total. The number of carbonyl (C=O) groups is 1. The van der Waals surface area contributed by atoms with E-state index in [1.807, 2.05) is 20.8 Å². The predicted octanol–water partition coefficient (Wildman–Crippen LogP) is 3.34. The summed E-state index contributed by atoms with van der Waals surface area (Å²) in [6.45, 7) is 6.58. The number of fused-ring (bicyclic) bond motifs is 1. The molecule has 0 saturated heterocycles. The summed E-state index contributed by atoms with van der Waals surface area (Å²) in [6, 6.07) is 2.29. The van der Waals surface area contributed by atoms with Crippen molar-refractivity contribution in [1.82, 2.24) is 24.9 Å². The second-order valence-corrected chi connectivity index (χ2v) is 8.20. The van der Waals surface area contributed by atoms with Gasteiger partial charge < -0.3 is 20.5 Å². The average molecular weight is 466 g/mol. The first kappa shape index (κ1) is 24.2. The molecule has 12 heteroatoms. The Morgan fingerprint density at radius 1 is 1.21 bits per heavy atom. The van der Waals surface area contributed by atoms with Crippen molar-refractivity contribution < 1.29 is 27.4 Å². The lowest BCUT2D eigenvalue weighted by Gasteiger charge is -2.19. The number of alkyl halides is 3. The Labute approximate surface area is 188 Å². The quantitative estimate of drug-likeness (QED) is 0.513. The van der Waals surface area contributed by atoms with Crippen molar-refractivity contribution in [3.8, 4) is 17.1 Å². The number of ether oxygens (including phenoxy) is 2. The van der Waals surface area contributed by atoms with Crippen molar-refractivity contribution in [2.75, 3.05) is 26.0 Å². The molecule has 0 unspecified atom stereocenters. The van der Waals surface area contributed by atoms with Gasteiger partial charge in [0.05, 0.1) is 24.0 Å². The number of hydrogen-bond acceptors (Lipinski definition) is 7. The number of nitrogens with two attached hydrogens (primary N) is 1. The Morgan fingerprint density at radius 3 is 2.58 bits per heavy atom. The molecule has 3 rings (SSSR count). The van der Waals surface area contributed by atoms with Crippen LogP contribution in [0.1, 0.15) is 43.1 Å². The van der Waals surface area contributed by atoms with Crippen LogP contribution in [0.15, 0.2) is 24.7 Å². The van der Waals surface area contributed by atoms with Crippen LogP contribution in [0.3, 0.4) is 0 Å². The SMILES string of the molecule is COc1ncc(-c2cc(C(F)(F)F)c3c(N)ncnn23)cc1C(=O)NCCCOC(C)(C)C. The van der Waals surface area contributed by atoms with Gasteiger partial charge in [0.1, 0.15) is 17.4 Å². The molecule has 0 spiro atoms. The number of carbonyl (C=O) groups excluding carboxylic acids is 1. The van der Waals surface area contributed by atoms with Gasteiger partial charge in [0.15, 0.2) is 5.82 Å². The Morgan fingerprint density at radius 2 is 1.94 bits per heavy atom. The van der Waals surface area contributed by atoms with Crippen LogP contribution in [0.25, 0.3) is 16.8 Å².